The summed E-state index contributed by atoms with van der Waals surface area (Å²) < 4.78 is 12.7. The second-order valence-corrected chi connectivity index (χ2v) is 5.40. The lowest BCUT2D eigenvalue weighted by atomic mass is 9.87. The molecule has 1 fully saturated rings. The van der Waals surface area contributed by atoms with Gasteiger partial charge in [0.1, 0.15) is 5.82 Å². The van der Waals surface area contributed by atoms with Crippen molar-refractivity contribution in [1.29, 1.82) is 0 Å². The SMILES string of the molecule is CC(C(=O)O)C1CN(C(=O)NCCc2ccc(F)cc2)C1. The van der Waals surface area contributed by atoms with Crippen LogP contribution in [0, 0.1) is 17.7 Å². The zero-order chi connectivity index (χ0) is 15.4. The van der Waals surface area contributed by atoms with Crippen molar-refractivity contribution in [3.8, 4) is 0 Å². The number of likely N-dealkylation sites (tertiary alicyclic amines) is 1. The van der Waals surface area contributed by atoms with Crippen molar-refractivity contribution in [2.24, 2.45) is 11.8 Å². The highest BCUT2D eigenvalue weighted by Crippen LogP contribution is 2.23. The van der Waals surface area contributed by atoms with Crippen molar-refractivity contribution in [3.05, 3.63) is 35.6 Å². The molecule has 6 heteroatoms. The minimum atomic E-state index is -0.823. The van der Waals surface area contributed by atoms with Gasteiger partial charge in [0.2, 0.25) is 0 Å². The molecule has 1 atom stereocenters. The van der Waals surface area contributed by atoms with E-state index in [2.05, 4.69) is 5.32 Å². The Labute approximate surface area is 122 Å². The first-order valence-electron chi connectivity index (χ1n) is 6.97. The molecule has 0 bridgehead atoms. The van der Waals surface area contributed by atoms with Crippen LogP contribution in [0.2, 0.25) is 0 Å². The number of halogens is 1. The lowest BCUT2D eigenvalue weighted by Crippen LogP contribution is -2.56. The van der Waals surface area contributed by atoms with Crippen molar-refractivity contribution in [2.45, 2.75) is 13.3 Å². The molecule has 1 heterocycles. The first kappa shape index (κ1) is 15.3. The molecule has 21 heavy (non-hydrogen) atoms. The zero-order valence-corrected chi connectivity index (χ0v) is 11.9. The second kappa shape index (κ2) is 6.56. The van der Waals surface area contributed by atoms with Crippen LogP contribution in [-0.2, 0) is 11.2 Å². The highest BCUT2D eigenvalue weighted by Gasteiger charge is 2.36. The predicted molar refractivity (Wildman–Crippen MR) is 75.4 cm³/mol. The van der Waals surface area contributed by atoms with Gasteiger partial charge >= 0.3 is 12.0 Å². The molecule has 114 valence electrons. The number of aliphatic carboxylic acids is 1. The van der Waals surface area contributed by atoms with Gasteiger partial charge in [-0.25, -0.2) is 9.18 Å². The van der Waals surface area contributed by atoms with Crippen LogP contribution in [0.5, 0.6) is 0 Å². The molecule has 0 aliphatic carbocycles. The Morgan fingerprint density at radius 1 is 1.38 bits per heavy atom. The number of hydrogen-bond donors (Lipinski definition) is 2. The van der Waals surface area contributed by atoms with Crippen molar-refractivity contribution < 1.29 is 19.1 Å². The highest BCUT2D eigenvalue weighted by molar-refractivity contribution is 5.76. The van der Waals surface area contributed by atoms with Gasteiger partial charge in [0.05, 0.1) is 5.92 Å². The van der Waals surface area contributed by atoms with E-state index in [1.54, 1.807) is 24.0 Å². The lowest BCUT2D eigenvalue weighted by molar-refractivity contribution is -0.144. The molecule has 1 aliphatic heterocycles. The number of carbonyl (C=O) groups is 2. The third-order valence-corrected chi connectivity index (χ3v) is 3.90. The number of urea groups is 1. The maximum atomic E-state index is 12.7. The number of hydrogen-bond acceptors (Lipinski definition) is 2. The Kier molecular flexibility index (Phi) is 4.77. The largest absolute Gasteiger partial charge is 0.481 e. The number of amides is 2. The van der Waals surface area contributed by atoms with Crippen LogP contribution in [-0.4, -0.2) is 41.6 Å². The van der Waals surface area contributed by atoms with Crippen LogP contribution in [0.1, 0.15) is 12.5 Å². The summed E-state index contributed by atoms with van der Waals surface area (Å²) in [4.78, 5) is 24.2. The topological polar surface area (TPSA) is 69.6 Å². The van der Waals surface area contributed by atoms with Crippen molar-refractivity contribution in [3.63, 3.8) is 0 Å². The van der Waals surface area contributed by atoms with Gasteiger partial charge in [-0.1, -0.05) is 19.1 Å². The van der Waals surface area contributed by atoms with Gasteiger partial charge in [-0.3, -0.25) is 4.79 Å². The molecule has 1 saturated heterocycles. The van der Waals surface area contributed by atoms with E-state index < -0.39 is 11.9 Å². The molecule has 1 aromatic carbocycles. The summed E-state index contributed by atoms with van der Waals surface area (Å²) in [5.74, 6) is -1.49. The Bertz CT molecular complexity index is 512. The average Bonchev–Trinajstić information content (AvgIpc) is 2.39. The molecule has 0 saturated carbocycles. The van der Waals surface area contributed by atoms with Gasteiger partial charge in [0, 0.05) is 25.6 Å². The molecule has 2 amide bonds. The Hall–Kier alpha value is -2.11. The maximum absolute atomic E-state index is 12.7. The third-order valence-electron chi connectivity index (χ3n) is 3.90. The molecule has 5 nitrogen and oxygen atoms in total. The summed E-state index contributed by atoms with van der Waals surface area (Å²) in [6, 6.07) is 5.99. The molecule has 2 rings (SSSR count). The summed E-state index contributed by atoms with van der Waals surface area (Å²) in [6.07, 6.45) is 0.634. The van der Waals surface area contributed by atoms with E-state index >= 15 is 0 Å². The fourth-order valence-electron chi connectivity index (χ4n) is 2.27. The molecular weight excluding hydrogens is 275 g/mol. The monoisotopic (exact) mass is 294 g/mol. The molecule has 0 spiro atoms. The van der Waals surface area contributed by atoms with Crippen LogP contribution >= 0.6 is 0 Å². The number of nitrogens with zero attached hydrogens (tertiary/aromatic N) is 1. The number of nitrogens with one attached hydrogen (secondary N) is 1. The van der Waals surface area contributed by atoms with E-state index in [-0.39, 0.29) is 17.8 Å². The summed E-state index contributed by atoms with van der Waals surface area (Å²) in [5, 5.41) is 11.7. The standard InChI is InChI=1S/C15H19FN2O3/c1-10(14(19)20)12-8-18(9-12)15(21)17-7-6-11-2-4-13(16)5-3-11/h2-5,10,12H,6-9H2,1H3,(H,17,21)(H,19,20). The van der Waals surface area contributed by atoms with E-state index in [4.69, 9.17) is 5.11 Å². The smallest absolute Gasteiger partial charge is 0.317 e. The second-order valence-electron chi connectivity index (χ2n) is 5.40. The van der Waals surface area contributed by atoms with Gasteiger partial charge in [-0.2, -0.15) is 0 Å². The minimum absolute atomic E-state index is 0.0327. The van der Waals surface area contributed by atoms with Gasteiger partial charge in [-0.05, 0) is 24.1 Å². The fraction of sp³-hybridized carbons (Fsp3) is 0.467. The number of carbonyl (C=O) groups excluding carboxylic acids is 1. The lowest BCUT2D eigenvalue weighted by Gasteiger charge is -2.41. The Morgan fingerprint density at radius 2 is 2.00 bits per heavy atom. The molecule has 1 aromatic rings. The van der Waals surface area contributed by atoms with Gasteiger partial charge < -0.3 is 15.3 Å². The van der Waals surface area contributed by atoms with E-state index in [0.29, 0.717) is 26.1 Å². The molecule has 0 aromatic heterocycles. The van der Waals surface area contributed by atoms with E-state index in [9.17, 15) is 14.0 Å². The van der Waals surface area contributed by atoms with Gasteiger partial charge in [0.15, 0.2) is 0 Å². The zero-order valence-electron chi connectivity index (χ0n) is 11.9. The van der Waals surface area contributed by atoms with E-state index in [1.807, 2.05) is 0 Å². The Balaban J connectivity index is 1.67. The van der Waals surface area contributed by atoms with Gasteiger partial charge in [-0.15, -0.1) is 0 Å². The van der Waals surface area contributed by atoms with Crippen LogP contribution < -0.4 is 5.32 Å². The van der Waals surface area contributed by atoms with Gasteiger partial charge in [0.25, 0.3) is 0 Å². The molecular formula is C15H19FN2O3. The minimum Gasteiger partial charge on any atom is -0.481 e. The number of carboxylic acid groups (broad SMARTS) is 1. The number of benzene rings is 1. The Morgan fingerprint density at radius 3 is 2.57 bits per heavy atom. The third kappa shape index (κ3) is 3.93. The molecule has 1 unspecified atom stereocenters. The molecule has 1 aliphatic rings. The van der Waals surface area contributed by atoms with Crippen molar-refractivity contribution in [1.82, 2.24) is 10.2 Å². The highest BCUT2D eigenvalue weighted by atomic mass is 19.1. The first-order chi connectivity index (χ1) is 9.97. The maximum Gasteiger partial charge on any atom is 0.317 e. The summed E-state index contributed by atoms with van der Waals surface area (Å²) in [5.41, 5.74) is 0.956. The normalized spacial score (nSPS) is 16.2. The van der Waals surface area contributed by atoms with E-state index in [0.717, 1.165) is 5.56 Å². The van der Waals surface area contributed by atoms with Crippen molar-refractivity contribution >= 4 is 12.0 Å². The summed E-state index contributed by atoms with van der Waals surface area (Å²) in [7, 11) is 0. The van der Waals surface area contributed by atoms with Crippen molar-refractivity contribution in [2.75, 3.05) is 19.6 Å². The predicted octanol–water partition coefficient (Wildman–Crippen LogP) is 1.73. The average molecular weight is 294 g/mol. The van der Waals surface area contributed by atoms with Crippen LogP contribution in [0.4, 0.5) is 9.18 Å². The quantitative estimate of drug-likeness (QED) is 0.869. The number of carboxylic acids is 1. The first-order valence-corrected chi connectivity index (χ1v) is 6.97. The van der Waals surface area contributed by atoms with Crippen LogP contribution in [0.15, 0.2) is 24.3 Å². The molecule has 2 N–H and O–H groups in total. The van der Waals surface area contributed by atoms with E-state index in [1.165, 1.54) is 12.1 Å². The molecule has 0 radical (unpaired) electrons. The van der Waals surface area contributed by atoms with Crippen LogP contribution in [0.25, 0.3) is 0 Å². The number of rotatable bonds is 5. The summed E-state index contributed by atoms with van der Waals surface area (Å²) in [6.45, 7) is 3.10. The van der Waals surface area contributed by atoms with Crippen LogP contribution in [0.3, 0.4) is 0 Å². The summed E-state index contributed by atoms with van der Waals surface area (Å²) >= 11 is 0. The fourth-order valence-corrected chi connectivity index (χ4v) is 2.27.